The molecule has 0 spiro atoms. The van der Waals surface area contributed by atoms with E-state index in [9.17, 15) is 0 Å². The summed E-state index contributed by atoms with van der Waals surface area (Å²) in [5, 5.41) is 1.16. The van der Waals surface area contributed by atoms with Gasteiger partial charge in [-0.05, 0) is 55.3 Å². The average molecular weight is 310 g/mol. The first kappa shape index (κ1) is 15.2. The van der Waals surface area contributed by atoms with Gasteiger partial charge in [0, 0.05) is 10.0 Å². The maximum atomic E-state index is 6.28. The van der Waals surface area contributed by atoms with E-state index in [0.717, 1.165) is 16.9 Å². The highest BCUT2D eigenvalue weighted by atomic mass is 35.5. The van der Waals surface area contributed by atoms with Crippen LogP contribution in [0.2, 0.25) is 10.0 Å². The van der Waals surface area contributed by atoms with Crippen LogP contribution in [0.4, 0.5) is 0 Å². The molecule has 0 aliphatic heterocycles. The van der Waals surface area contributed by atoms with Crippen molar-refractivity contribution in [3.05, 3.63) is 63.6 Å². The highest BCUT2D eigenvalue weighted by molar-refractivity contribution is 6.34. The Hall–Kier alpha value is -1.22. The molecule has 0 aliphatic rings. The molecule has 1 atom stereocenters. The largest absolute Gasteiger partial charge is 0.491 e. The monoisotopic (exact) mass is 309 g/mol. The van der Waals surface area contributed by atoms with Crippen LogP contribution in [0.15, 0.2) is 42.5 Å². The average Bonchev–Trinajstić information content (AvgIpc) is 2.36. The topological polar surface area (TPSA) is 35.2 Å². The summed E-state index contributed by atoms with van der Waals surface area (Å²) >= 11 is 12.0. The van der Waals surface area contributed by atoms with Crippen LogP contribution in [-0.2, 0) is 0 Å². The molecule has 0 heterocycles. The SMILES string of the molecule is CC(C)Oc1cccc(C(N)c2cc(Cl)cc(Cl)c2)c1. The molecule has 0 saturated heterocycles. The summed E-state index contributed by atoms with van der Waals surface area (Å²) in [6.07, 6.45) is 0.127. The normalized spacial score (nSPS) is 12.5. The molecule has 106 valence electrons. The molecular formula is C16H17Cl2NO. The van der Waals surface area contributed by atoms with Crippen LogP contribution in [-0.4, -0.2) is 6.10 Å². The zero-order valence-electron chi connectivity index (χ0n) is 11.4. The lowest BCUT2D eigenvalue weighted by Crippen LogP contribution is -2.12. The molecule has 1 unspecified atom stereocenters. The summed E-state index contributed by atoms with van der Waals surface area (Å²) in [6.45, 7) is 3.98. The van der Waals surface area contributed by atoms with Crippen molar-refractivity contribution in [2.24, 2.45) is 5.73 Å². The lowest BCUT2D eigenvalue weighted by molar-refractivity contribution is 0.242. The number of hydrogen-bond acceptors (Lipinski definition) is 2. The standard InChI is InChI=1S/C16H17Cl2NO/c1-10(2)20-15-5-3-4-11(8-15)16(19)12-6-13(17)9-14(18)7-12/h3-10,16H,19H2,1-2H3. The van der Waals surface area contributed by atoms with Crippen LogP contribution in [0.25, 0.3) is 0 Å². The Balaban J connectivity index is 2.30. The van der Waals surface area contributed by atoms with Gasteiger partial charge in [0.1, 0.15) is 5.75 Å². The van der Waals surface area contributed by atoms with Gasteiger partial charge in [0.2, 0.25) is 0 Å². The van der Waals surface area contributed by atoms with Gasteiger partial charge >= 0.3 is 0 Å². The quantitative estimate of drug-likeness (QED) is 0.878. The zero-order valence-corrected chi connectivity index (χ0v) is 12.9. The molecule has 20 heavy (non-hydrogen) atoms. The molecule has 0 saturated carbocycles. The van der Waals surface area contributed by atoms with Crippen molar-refractivity contribution in [2.45, 2.75) is 26.0 Å². The minimum absolute atomic E-state index is 0.127. The summed E-state index contributed by atoms with van der Waals surface area (Å²) in [5.74, 6) is 0.807. The van der Waals surface area contributed by atoms with E-state index < -0.39 is 0 Å². The van der Waals surface area contributed by atoms with E-state index in [-0.39, 0.29) is 12.1 Å². The molecule has 0 fully saturated rings. The van der Waals surface area contributed by atoms with Crippen molar-refractivity contribution < 1.29 is 4.74 Å². The minimum Gasteiger partial charge on any atom is -0.491 e. The molecule has 2 N–H and O–H groups in total. The van der Waals surface area contributed by atoms with Gasteiger partial charge in [-0.3, -0.25) is 0 Å². The lowest BCUT2D eigenvalue weighted by atomic mass is 9.99. The first-order valence-corrected chi connectivity index (χ1v) is 7.19. The summed E-state index contributed by atoms with van der Waals surface area (Å²) in [7, 11) is 0. The van der Waals surface area contributed by atoms with Gasteiger partial charge in [-0.2, -0.15) is 0 Å². The Morgan fingerprint density at radius 2 is 1.60 bits per heavy atom. The number of halogens is 2. The number of rotatable bonds is 4. The van der Waals surface area contributed by atoms with Crippen LogP contribution in [0, 0.1) is 0 Å². The smallest absolute Gasteiger partial charge is 0.120 e. The van der Waals surface area contributed by atoms with E-state index in [2.05, 4.69) is 0 Å². The van der Waals surface area contributed by atoms with Crippen LogP contribution in [0.5, 0.6) is 5.75 Å². The van der Waals surface area contributed by atoms with Crippen LogP contribution < -0.4 is 10.5 Å². The maximum absolute atomic E-state index is 6.28. The Labute approximate surface area is 129 Å². The summed E-state index contributed by atoms with van der Waals surface area (Å²) in [6, 6.07) is 12.8. The molecule has 2 rings (SSSR count). The fourth-order valence-electron chi connectivity index (χ4n) is 2.00. The summed E-state index contributed by atoms with van der Waals surface area (Å²) in [5.41, 5.74) is 8.12. The van der Waals surface area contributed by atoms with E-state index in [0.29, 0.717) is 10.0 Å². The Morgan fingerprint density at radius 1 is 0.950 bits per heavy atom. The van der Waals surface area contributed by atoms with E-state index in [4.69, 9.17) is 33.7 Å². The molecule has 2 aromatic carbocycles. The van der Waals surface area contributed by atoms with Crippen LogP contribution >= 0.6 is 23.2 Å². The maximum Gasteiger partial charge on any atom is 0.120 e. The molecule has 2 nitrogen and oxygen atoms in total. The van der Waals surface area contributed by atoms with Crippen LogP contribution in [0.3, 0.4) is 0 Å². The van der Waals surface area contributed by atoms with Crippen molar-refractivity contribution in [3.63, 3.8) is 0 Å². The molecule has 0 aliphatic carbocycles. The van der Waals surface area contributed by atoms with Crippen molar-refractivity contribution in [2.75, 3.05) is 0 Å². The van der Waals surface area contributed by atoms with Gasteiger partial charge in [-0.1, -0.05) is 35.3 Å². The lowest BCUT2D eigenvalue weighted by Gasteiger charge is -2.16. The van der Waals surface area contributed by atoms with E-state index in [1.54, 1.807) is 6.07 Å². The van der Waals surface area contributed by atoms with Crippen molar-refractivity contribution in [1.82, 2.24) is 0 Å². The Morgan fingerprint density at radius 3 is 2.20 bits per heavy atom. The van der Waals surface area contributed by atoms with Crippen molar-refractivity contribution in [1.29, 1.82) is 0 Å². The second-order valence-corrected chi connectivity index (χ2v) is 5.79. The number of benzene rings is 2. The summed E-state index contributed by atoms with van der Waals surface area (Å²) in [4.78, 5) is 0. The molecule has 0 radical (unpaired) electrons. The first-order valence-electron chi connectivity index (χ1n) is 6.44. The third kappa shape index (κ3) is 3.89. The molecule has 0 amide bonds. The highest BCUT2D eigenvalue weighted by Crippen LogP contribution is 2.28. The number of nitrogens with two attached hydrogens (primary N) is 1. The predicted molar refractivity (Wildman–Crippen MR) is 84.7 cm³/mol. The Bertz CT molecular complexity index is 579. The predicted octanol–water partition coefficient (Wildman–Crippen LogP) is 4.83. The van der Waals surface area contributed by atoms with Gasteiger partial charge in [-0.15, -0.1) is 0 Å². The minimum atomic E-state index is -0.290. The van der Waals surface area contributed by atoms with Gasteiger partial charge in [-0.25, -0.2) is 0 Å². The Kier molecular flexibility index (Phi) is 4.92. The fraction of sp³-hybridized carbons (Fsp3) is 0.250. The molecule has 0 bridgehead atoms. The fourth-order valence-corrected chi connectivity index (χ4v) is 2.54. The molecular weight excluding hydrogens is 293 g/mol. The zero-order chi connectivity index (χ0) is 14.7. The van der Waals surface area contributed by atoms with Gasteiger partial charge < -0.3 is 10.5 Å². The third-order valence-corrected chi connectivity index (χ3v) is 3.27. The number of hydrogen-bond donors (Lipinski definition) is 1. The summed E-state index contributed by atoms with van der Waals surface area (Å²) < 4.78 is 5.68. The molecule has 2 aromatic rings. The first-order chi connectivity index (χ1) is 9.45. The van der Waals surface area contributed by atoms with Crippen LogP contribution in [0.1, 0.15) is 31.0 Å². The third-order valence-electron chi connectivity index (χ3n) is 2.83. The van der Waals surface area contributed by atoms with Gasteiger partial charge in [0.05, 0.1) is 12.1 Å². The van der Waals surface area contributed by atoms with E-state index in [1.165, 1.54) is 0 Å². The molecule has 0 aromatic heterocycles. The van der Waals surface area contributed by atoms with Gasteiger partial charge in [0.15, 0.2) is 0 Å². The number of ether oxygens (including phenoxy) is 1. The van der Waals surface area contributed by atoms with Crippen molar-refractivity contribution >= 4 is 23.2 Å². The highest BCUT2D eigenvalue weighted by Gasteiger charge is 2.11. The second-order valence-electron chi connectivity index (χ2n) is 4.92. The van der Waals surface area contributed by atoms with E-state index >= 15 is 0 Å². The second kappa shape index (κ2) is 6.49. The van der Waals surface area contributed by atoms with Gasteiger partial charge in [0.25, 0.3) is 0 Å². The molecule has 4 heteroatoms. The van der Waals surface area contributed by atoms with E-state index in [1.807, 2.05) is 50.2 Å². The van der Waals surface area contributed by atoms with Crippen molar-refractivity contribution in [3.8, 4) is 5.75 Å².